The molecule has 2 aliphatic heterocycles. The molecule has 4 heterocycles. The molecule has 13 nitrogen and oxygen atoms in total. The molecular formula is C52H51Cl2N5O8. The number of ketones is 2. The fourth-order valence-electron chi connectivity index (χ4n) is 7.80. The highest BCUT2D eigenvalue weighted by atomic mass is 35.5. The lowest BCUT2D eigenvalue weighted by molar-refractivity contribution is -0.123. The van der Waals surface area contributed by atoms with Crippen molar-refractivity contribution in [2.24, 2.45) is 0 Å². The fraction of sp³-hybridized carbons (Fsp3) is 0.231. The number of carbonyl (C=O) groups is 6. The van der Waals surface area contributed by atoms with Gasteiger partial charge in [0, 0.05) is 96.3 Å². The predicted molar refractivity (Wildman–Crippen MR) is 256 cm³/mol. The lowest BCUT2D eigenvalue weighted by Crippen LogP contribution is -2.45. The number of benzene rings is 4. The SMILES string of the molecule is C.C.CON(C)C(=O)c1ccc(CN2C(=O)c3ccc(Cl)cc3CC(=O)[C@H]2Cc2ccccn2)cc1.O=C(O)c1ccc(CN2C(=O)c3ccc(Cl)cc3CC(=O)[C@H]2Cc2ccccn2)cc1. The summed E-state index contributed by atoms with van der Waals surface area (Å²) in [6, 6.07) is 32.8. The molecule has 346 valence electrons. The number of amides is 3. The van der Waals surface area contributed by atoms with Gasteiger partial charge in [0.05, 0.1) is 24.8 Å². The number of hydroxylamine groups is 2. The Morgan fingerprint density at radius 3 is 1.43 bits per heavy atom. The monoisotopic (exact) mass is 943 g/mol. The molecule has 67 heavy (non-hydrogen) atoms. The van der Waals surface area contributed by atoms with Crippen molar-refractivity contribution in [1.29, 1.82) is 0 Å². The molecule has 0 fully saturated rings. The summed E-state index contributed by atoms with van der Waals surface area (Å²) in [5, 5.41) is 11.2. The highest BCUT2D eigenvalue weighted by Gasteiger charge is 2.37. The van der Waals surface area contributed by atoms with E-state index >= 15 is 0 Å². The normalized spacial score (nSPS) is 15.3. The third-order valence-corrected chi connectivity index (χ3v) is 11.7. The van der Waals surface area contributed by atoms with Crippen LogP contribution in [0.4, 0.5) is 0 Å². The van der Waals surface area contributed by atoms with Crippen molar-refractivity contribution in [3.05, 3.63) is 200 Å². The van der Waals surface area contributed by atoms with Gasteiger partial charge in [-0.15, -0.1) is 0 Å². The van der Waals surface area contributed by atoms with Crippen LogP contribution in [0.1, 0.15) is 89.9 Å². The maximum Gasteiger partial charge on any atom is 0.335 e. The Hall–Kier alpha value is -7.06. The zero-order valence-electron chi connectivity index (χ0n) is 35.4. The van der Waals surface area contributed by atoms with E-state index in [1.54, 1.807) is 101 Å². The van der Waals surface area contributed by atoms with Gasteiger partial charge in [0.15, 0.2) is 11.6 Å². The van der Waals surface area contributed by atoms with Gasteiger partial charge in [-0.2, -0.15) is 0 Å². The molecule has 0 radical (unpaired) electrons. The quantitative estimate of drug-likeness (QED) is 0.124. The van der Waals surface area contributed by atoms with Crippen LogP contribution in [-0.2, 0) is 53.2 Å². The minimum absolute atomic E-state index is 0. The van der Waals surface area contributed by atoms with Crippen LogP contribution in [0, 0.1) is 0 Å². The van der Waals surface area contributed by atoms with E-state index in [9.17, 15) is 28.8 Å². The Labute approximate surface area is 399 Å². The van der Waals surface area contributed by atoms with Gasteiger partial charge in [-0.25, -0.2) is 9.86 Å². The summed E-state index contributed by atoms with van der Waals surface area (Å²) in [4.78, 5) is 93.9. The van der Waals surface area contributed by atoms with E-state index in [2.05, 4.69) is 9.97 Å². The molecule has 0 saturated carbocycles. The molecule has 1 N–H and O–H groups in total. The average Bonchev–Trinajstić information content (AvgIpc) is 3.46. The Morgan fingerprint density at radius 2 is 1.06 bits per heavy atom. The summed E-state index contributed by atoms with van der Waals surface area (Å²) in [6.07, 6.45) is 4.15. The molecule has 0 spiro atoms. The number of hydrogen-bond acceptors (Lipinski definition) is 9. The van der Waals surface area contributed by atoms with Crippen LogP contribution in [0.15, 0.2) is 134 Å². The van der Waals surface area contributed by atoms with Crippen LogP contribution in [0.5, 0.6) is 0 Å². The number of halogens is 2. The summed E-state index contributed by atoms with van der Waals surface area (Å²) in [6.45, 7) is 0.378. The molecule has 0 aliphatic carbocycles. The van der Waals surface area contributed by atoms with Gasteiger partial charge in [0.25, 0.3) is 17.7 Å². The number of Topliss-reactive ketones (excluding diaryl/α,β-unsaturated/α-hetero) is 2. The first kappa shape index (κ1) is 50.9. The number of fused-ring (bicyclic) bond motifs is 2. The maximum absolute atomic E-state index is 13.6. The molecule has 2 aromatic heterocycles. The largest absolute Gasteiger partial charge is 0.478 e. The number of aromatic nitrogens is 2. The third kappa shape index (κ3) is 12.2. The predicted octanol–water partition coefficient (Wildman–Crippen LogP) is 8.83. The van der Waals surface area contributed by atoms with E-state index in [-0.39, 0.29) is 75.6 Å². The maximum atomic E-state index is 13.6. The van der Waals surface area contributed by atoms with Crippen LogP contribution in [0.25, 0.3) is 0 Å². The number of aromatic carboxylic acids is 1. The first-order chi connectivity index (χ1) is 31.3. The van der Waals surface area contributed by atoms with Crippen molar-refractivity contribution >= 4 is 58.5 Å². The zero-order chi connectivity index (χ0) is 46.2. The molecule has 3 amide bonds. The zero-order valence-corrected chi connectivity index (χ0v) is 36.9. The summed E-state index contributed by atoms with van der Waals surface area (Å²) in [5.74, 6) is -1.98. The minimum Gasteiger partial charge on any atom is -0.478 e. The number of hydrogen-bond donors (Lipinski definition) is 1. The van der Waals surface area contributed by atoms with Crippen molar-refractivity contribution < 1.29 is 38.7 Å². The molecule has 2 atom stereocenters. The van der Waals surface area contributed by atoms with E-state index in [0.717, 1.165) is 21.9 Å². The highest BCUT2D eigenvalue weighted by molar-refractivity contribution is 6.31. The number of pyridine rings is 2. The fourth-order valence-corrected chi connectivity index (χ4v) is 8.18. The van der Waals surface area contributed by atoms with Crippen LogP contribution in [0.2, 0.25) is 10.0 Å². The van der Waals surface area contributed by atoms with E-state index in [0.29, 0.717) is 56.4 Å². The van der Waals surface area contributed by atoms with Gasteiger partial charge in [-0.3, -0.25) is 38.8 Å². The molecule has 2 aliphatic rings. The van der Waals surface area contributed by atoms with E-state index in [1.165, 1.54) is 26.3 Å². The molecule has 0 saturated heterocycles. The van der Waals surface area contributed by atoms with Crippen LogP contribution >= 0.6 is 23.2 Å². The second kappa shape index (κ2) is 22.9. The average molecular weight is 945 g/mol. The Morgan fingerprint density at radius 1 is 0.642 bits per heavy atom. The summed E-state index contributed by atoms with van der Waals surface area (Å²) in [5.41, 5.74) is 5.73. The molecule has 0 unspecified atom stereocenters. The van der Waals surface area contributed by atoms with Crippen molar-refractivity contribution in [1.82, 2.24) is 24.8 Å². The number of carboxylic acids is 1. The molecule has 0 bridgehead atoms. The second-order valence-electron chi connectivity index (χ2n) is 15.5. The number of carbonyl (C=O) groups excluding carboxylic acids is 5. The second-order valence-corrected chi connectivity index (χ2v) is 16.4. The summed E-state index contributed by atoms with van der Waals surface area (Å²) in [7, 11) is 2.95. The van der Waals surface area contributed by atoms with Gasteiger partial charge in [-0.1, -0.05) is 74.5 Å². The molecule has 6 aromatic rings. The van der Waals surface area contributed by atoms with Crippen molar-refractivity contribution in [3.63, 3.8) is 0 Å². The van der Waals surface area contributed by atoms with Gasteiger partial charge in [0.1, 0.15) is 0 Å². The topological polar surface area (TPSA) is 167 Å². The highest BCUT2D eigenvalue weighted by Crippen LogP contribution is 2.29. The summed E-state index contributed by atoms with van der Waals surface area (Å²) >= 11 is 12.2. The van der Waals surface area contributed by atoms with E-state index in [4.69, 9.17) is 33.1 Å². The van der Waals surface area contributed by atoms with E-state index < -0.39 is 18.1 Å². The standard InChI is InChI=1S/C26H24ClN3O4.C24H19ClN2O4.2CH4/c1-29(34-2)25(32)18-8-6-17(7-9-18)16-30-23(15-21-5-3-4-12-28-21)24(31)14-19-13-20(27)10-11-22(19)26(30)33;25-18-8-9-20-17(11-18)12-22(28)21(13-19-3-1-2-10-26-19)27(23(20)29)14-15-4-6-16(7-5-15)24(30)31;;/h3-13,23H,14-16H2,1-2H3;1-11,21H,12-14H2,(H,30,31);2*1H4/t23-;21-;;/m11../s1. The van der Waals surface area contributed by atoms with Crippen molar-refractivity contribution in [2.45, 2.75) is 65.7 Å². The summed E-state index contributed by atoms with van der Waals surface area (Å²) < 4.78 is 0. The Bertz CT molecular complexity index is 2740. The number of carboxylic acid groups (broad SMARTS) is 1. The lowest BCUT2D eigenvalue weighted by Gasteiger charge is -2.29. The van der Waals surface area contributed by atoms with Crippen molar-refractivity contribution in [2.75, 3.05) is 14.2 Å². The first-order valence-corrected chi connectivity index (χ1v) is 21.3. The van der Waals surface area contributed by atoms with Gasteiger partial charge >= 0.3 is 5.97 Å². The van der Waals surface area contributed by atoms with Gasteiger partial charge in [-0.05, 0) is 107 Å². The first-order valence-electron chi connectivity index (χ1n) is 20.6. The lowest BCUT2D eigenvalue weighted by atomic mass is 9.99. The molecule has 4 aromatic carbocycles. The van der Waals surface area contributed by atoms with Crippen molar-refractivity contribution in [3.8, 4) is 0 Å². The Balaban J connectivity index is 0.000000244. The molecule has 15 heteroatoms. The van der Waals surface area contributed by atoms with Gasteiger partial charge < -0.3 is 14.9 Å². The Kier molecular flexibility index (Phi) is 17.4. The minimum atomic E-state index is -1.02. The van der Waals surface area contributed by atoms with E-state index in [1.807, 2.05) is 30.3 Å². The number of rotatable bonds is 11. The van der Waals surface area contributed by atoms with Gasteiger partial charge in [0.2, 0.25) is 0 Å². The van der Waals surface area contributed by atoms with Crippen LogP contribution in [-0.4, -0.2) is 91.4 Å². The molecular weight excluding hydrogens is 894 g/mol. The third-order valence-electron chi connectivity index (χ3n) is 11.3. The van der Waals surface area contributed by atoms with Crippen LogP contribution in [0.3, 0.4) is 0 Å². The number of nitrogens with zero attached hydrogens (tertiary/aromatic N) is 5. The smallest absolute Gasteiger partial charge is 0.335 e. The van der Waals surface area contributed by atoms with Crippen LogP contribution < -0.4 is 0 Å². The molecule has 8 rings (SSSR count).